The van der Waals surface area contributed by atoms with Crippen LogP contribution in [0.15, 0.2) is 24.3 Å². The molecule has 116 valence electrons. The minimum absolute atomic E-state index is 0.0837. The number of likely N-dealkylation sites (N-methyl/N-ethyl adjacent to an activating group) is 1. The Morgan fingerprint density at radius 1 is 1.19 bits per heavy atom. The number of carbonyl (C=O) groups excluding carboxylic acids is 2. The molecule has 0 saturated heterocycles. The smallest absolute Gasteiger partial charge is 0.234 e. The number of ether oxygens (including phenoxy) is 2. The number of methoxy groups -OCH3 is 2. The van der Waals surface area contributed by atoms with Gasteiger partial charge in [0.15, 0.2) is 5.78 Å². The number of para-hydroxylation sites is 1. The van der Waals surface area contributed by atoms with Crippen molar-refractivity contribution in [3.05, 3.63) is 29.8 Å². The van der Waals surface area contributed by atoms with Crippen LogP contribution >= 0.6 is 0 Å². The molecule has 1 amide bonds. The molecule has 0 saturated carbocycles. The summed E-state index contributed by atoms with van der Waals surface area (Å²) in [6.07, 6.45) is 0. The maximum atomic E-state index is 12.2. The number of rotatable bonds is 9. The van der Waals surface area contributed by atoms with Crippen molar-refractivity contribution in [2.75, 3.05) is 47.5 Å². The van der Waals surface area contributed by atoms with Crippen molar-refractivity contribution in [2.45, 2.75) is 0 Å². The molecule has 1 rings (SSSR count). The maximum absolute atomic E-state index is 12.2. The third-order valence-electron chi connectivity index (χ3n) is 2.86. The second kappa shape index (κ2) is 9.10. The molecule has 6 heteroatoms. The van der Waals surface area contributed by atoms with Crippen molar-refractivity contribution >= 4 is 11.7 Å². The quantitative estimate of drug-likeness (QED) is 0.533. The molecule has 1 N–H and O–H groups in total. The Hall–Kier alpha value is -1.92. The molecule has 0 bridgehead atoms. The van der Waals surface area contributed by atoms with Gasteiger partial charge in [-0.15, -0.1) is 0 Å². The molecule has 21 heavy (non-hydrogen) atoms. The predicted molar refractivity (Wildman–Crippen MR) is 79.7 cm³/mol. The number of nitrogens with one attached hydrogen (secondary N) is 1. The fourth-order valence-corrected chi connectivity index (χ4v) is 1.85. The number of carbonyl (C=O) groups is 2. The van der Waals surface area contributed by atoms with Gasteiger partial charge in [-0.05, 0) is 19.2 Å². The lowest BCUT2D eigenvalue weighted by atomic mass is 10.1. The topological polar surface area (TPSA) is 67.9 Å². The zero-order valence-electron chi connectivity index (χ0n) is 12.7. The number of ketones is 1. The van der Waals surface area contributed by atoms with Gasteiger partial charge < -0.3 is 14.8 Å². The van der Waals surface area contributed by atoms with Crippen LogP contribution in [-0.4, -0.2) is 64.1 Å². The second-order valence-electron chi connectivity index (χ2n) is 4.64. The van der Waals surface area contributed by atoms with Crippen molar-refractivity contribution in [1.29, 1.82) is 0 Å². The summed E-state index contributed by atoms with van der Waals surface area (Å²) in [6, 6.07) is 7.05. The van der Waals surface area contributed by atoms with E-state index in [-0.39, 0.29) is 24.8 Å². The minimum Gasteiger partial charge on any atom is -0.496 e. The Labute approximate surface area is 125 Å². The monoisotopic (exact) mass is 294 g/mol. The molecule has 0 aliphatic rings. The van der Waals surface area contributed by atoms with Crippen molar-refractivity contribution in [2.24, 2.45) is 0 Å². The first-order valence-electron chi connectivity index (χ1n) is 6.69. The van der Waals surface area contributed by atoms with Gasteiger partial charge in [-0.2, -0.15) is 0 Å². The van der Waals surface area contributed by atoms with E-state index in [0.29, 0.717) is 24.5 Å². The molecule has 0 atom stereocenters. The van der Waals surface area contributed by atoms with Gasteiger partial charge in [0.05, 0.1) is 32.4 Å². The Balaban J connectivity index is 2.48. The van der Waals surface area contributed by atoms with Crippen LogP contribution < -0.4 is 10.1 Å². The highest BCUT2D eigenvalue weighted by molar-refractivity contribution is 6.00. The van der Waals surface area contributed by atoms with Crippen LogP contribution in [0.25, 0.3) is 0 Å². The van der Waals surface area contributed by atoms with Gasteiger partial charge in [0, 0.05) is 13.7 Å². The van der Waals surface area contributed by atoms with Crippen LogP contribution in [0.1, 0.15) is 10.4 Å². The van der Waals surface area contributed by atoms with Crippen LogP contribution in [0.4, 0.5) is 0 Å². The van der Waals surface area contributed by atoms with Crippen LogP contribution in [0, 0.1) is 0 Å². The van der Waals surface area contributed by atoms with Gasteiger partial charge in [0.1, 0.15) is 5.75 Å². The van der Waals surface area contributed by atoms with Gasteiger partial charge in [0.25, 0.3) is 0 Å². The molecule has 0 unspecified atom stereocenters. The molecule has 1 aromatic rings. The van der Waals surface area contributed by atoms with Gasteiger partial charge >= 0.3 is 0 Å². The molecule has 0 aromatic heterocycles. The van der Waals surface area contributed by atoms with Crippen LogP contribution in [0.2, 0.25) is 0 Å². The molecule has 0 heterocycles. The predicted octanol–water partition coefficient (Wildman–Crippen LogP) is 0.572. The third kappa shape index (κ3) is 5.93. The molecule has 0 radical (unpaired) electrons. The molecular formula is C15H22N2O4. The second-order valence-corrected chi connectivity index (χ2v) is 4.64. The first-order valence-corrected chi connectivity index (χ1v) is 6.69. The fourth-order valence-electron chi connectivity index (χ4n) is 1.85. The lowest BCUT2D eigenvalue weighted by molar-refractivity contribution is -0.122. The molecule has 0 aliphatic carbocycles. The summed E-state index contributed by atoms with van der Waals surface area (Å²) in [6.45, 7) is 1.24. The van der Waals surface area contributed by atoms with E-state index in [1.807, 2.05) is 6.07 Å². The van der Waals surface area contributed by atoms with E-state index in [2.05, 4.69) is 5.32 Å². The summed E-state index contributed by atoms with van der Waals surface area (Å²) in [5, 5.41) is 2.71. The summed E-state index contributed by atoms with van der Waals surface area (Å²) < 4.78 is 10.0. The van der Waals surface area contributed by atoms with Gasteiger partial charge in [-0.25, -0.2) is 0 Å². The molecule has 0 spiro atoms. The summed E-state index contributed by atoms with van der Waals surface area (Å²) in [4.78, 5) is 25.5. The zero-order valence-corrected chi connectivity index (χ0v) is 12.7. The number of amides is 1. The molecule has 6 nitrogen and oxygen atoms in total. The van der Waals surface area contributed by atoms with Gasteiger partial charge in [-0.3, -0.25) is 14.5 Å². The van der Waals surface area contributed by atoms with Gasteiger partial charge in [-0.1, -0.05) is 12.1 Å². The normalized spacial score (nSPS) is 10.5. The first kappa shape index (κ1) is 17.1. The van der Waals surface area contributed by atoms with E-state index < -0.39 is 0 Å². The van der Waals surface area contributed by atoms with Crippen molar-refractivity contribution < 1.29 is 19.1 Å². The van der Waals surface area contributed by atoms with Crippen LogP contribution in [-0.2, 0) is 9.53 Å². The average molecular weight is 294 g/mol. The number of hydrogen-bond acceptors (Lipinski definition) is 5. The van der Waals surface area contributed by atoms with E-state index in [0.717, 1.165) is 0 Å². The van der Waals surface area contributed by atoms with E-state index >= 15 is 0 Å². The summed E-state index contributed by atoms with van der Waals surface area (Å²) >= 11 is 0. The Bertz CT molecular complexity index is 476. The van der Waals surface area contributed by atoms with Crippen LogP contribution in [0.3, 0.4) is 0 Å². The molecule has 0 fully saturated rings. The number of Topliss-reactive ketones (excluding diaryl/α,β-unsaturated/α-hetero) is 1. The Morgan fingerprint density at radius 3 is 2.57 bits per heavy atom. The number of nitrogens with zero attached hydrogens (tertiary/aromatic N) is 1. The molecular weight excluding hydrogens is 272 g/mol. The summed E-state index contributed by atoms with van der Waals surface area (Å²) in [5.74, 6) is 0.322. The highest BCUT2D eigenvalue weighted by Gasteiger charge is 2.15. The third-order valence-corrected chi connectivity index (χ3v) is 2.86. The lowest BCUT2D eigenvalue weighted by Crippen LogP contribution is -2.38. The average Bonchev–Trinajstić information content (AvgIpc) is 2.47. The first-order chi connectivity index (χ1) is 10.1. The van der Waals surface area contributed by atoms with Crippen molar-refractivity contribution in [3.8, 4) is 5.75 Å². The van der Waals surface area contributed by atoms with E-state index in [1.165, 1.54) is 7.11 Å². The standard InChI is InChI=1S/C15H22N2O4/c1-17(11-15(19)16-8-9-20-2)10-13(18)12-6-4-5-7-14(12)21-3/h4-7H,8-11H2,1-3H3,(H,16,19). The van der Waals surface area contributed by atoms with Gasteiger partial charge in [0.2, 0.25) is 5.91 Å². The highest BCUT2D eigenvalue weighted by Crippen LogP contribution is 2.17. The molecule has 0 aliphatic heterocycles. The van der Waals surface area contributed by atoms with Crippen molar-refractivity contribution in [3.63, 3.8) is 0 Å². The zero-order chi connectivity index (χ0) is 15.7. The number of hydrogen-bond donors (Lipinski definition) is 1. The van der Waals surface area contributed by atoms with E-state index in [9.17, 15) is 9.59 Å². The van der Waals surface area contributed by atoms with E-state index in [4.69, 9.17) is 9.47 Å². The summed E-state index contributed by atoms with van der Waals surface area (Å²) in [7, 11) is 4.83. The minimum atomic E-state index is -0.137. The number of benzene rings is 1. The summed E-state index contributed by atoms with van der Waals surface area (Å²) in [5.41, 5.74) is 0.520. The molecule has 1 aromatic carbocycles. The lowest BCUT2D eigenvalue weighted by Gasteiger charge is -2.16. The highest BCUT2D eigenvalue weighted by atomic mass is 16.5. The maximum Gasteiger partial charge on any atom is 0.234 e. The van der Waals surface area contributed by atoms with Crippen LogP contribution in [0.5, 0.6) is 5.75 Å². The Kier molecular flexibility index (Phi) is 7.42. The van der Waals surface area contributed by atoms with E-state index in [1.54, 1.807) is 37.3 Å². The SMILES string of the molecule is COCCNC(=O)CN(C)CC(=O)c1ccccc1OC. The largest absolute Gasteiger partial charge is 0.496 e. The van der Waals surface area contributed by atoms with Crippen molar-refractivity contribution in [1.82, 2.24) is 10.2 Å². The Morgan fingerprint density at radius 2 is 1.90 bits per heavy atom. The fraction of sp³-hybridized carbons (Fsp3) is 0.467.